The fourth-order valence-electron chi connectivity index (χ4n) is 2.26. The lowest BCUT2D eigenvalue weighted by Crippen LogP contribution is -2.32. The van der Waals surface area contributed by atoms with Gasteiger partial charge < -0.3 is 5.32 Å². The van der Waals surface area contributed by atoms with Crippen LogP contribution in [0, 0.1) is 22.6 Å². The smallest absolute Gasteiger partial charge is 0.244 e. The fourth-order valence-corrected chi connectivity index (χ4v) is 3.16. The first-order valence-corrected chi connectivity index (χ1v) is 7.03. The highest BCUT2D eigenvalue weighted by Gasteiger charge is 2.41. The molecule has 0 unspecified atom stereocenters. The van der Waals surface area contributed by atoms with Crippen molar-refractivity contribution >= 4 is 39.1 Å². The third-order valence-corrected chi connectivity index (χ3v) is 4.27. The summed E-state index contributed by atoms with van der Waals surface area (Å²) in [5.41, 5.74) is -0.688. The van der Waals surface area contributed by atoms with Crippen molar-refractivity contribution in [3.63, 3.8) is 0 Å². The Kier molecular flexibility index (Phi) is 4.12. The van der Waals surface area contributed by atoms with Crippen LogP contribution in [0.15, 0.2) is 16.6 Å². The van der Waals surface area contributed by atoms with Gasteiger partial charge in [-0.1, -0.05) is 24.4 Å². The van der Waals surface area contributed by atoms with Crippen LogP contribution in [0.3, 0.4) is 0 Å². The molecule has 1 fully saturated rings. The standard InChI is InChI=1S/C13H11BrClFN2O/c14-9-5-8(16)6-10(15)11(9)18-12(19)13(7-17)3-1-2-4-13/h5-6H,1-4H2,(H,18,19). The van der Waals surface area contributed by atoms with Crippen molar-refractivity contribution in [3.8, 4) is 6.07 Å². The molecule has 100 valence electrons. The summed E-state index contributed by atoms with van der Waals surface area (Å²) in [6.45, 7) is 0. The number of hydrogen-bond donors (Lipinski definition) is 1. The molecule has 0 atom stereocenters. The van der Waals surface area contributed by atoms with Crippen molar-refractivity contribution in [2.24, 2.45) is 5.41 Å². The lowest BCUT2D eigenvalue weighted by Gasteiger charge is -2.20. The van der Waals surface area contributed by atoms with Crippen LogP contribution in [-0.2, 0) is 4.79 Å². The second-order valence-electron chi connectivity index (χ2n) is 4.60. The maximum Gasteiger partial charge on any atom is 0.244 e. The fraction of sp³-hybridized carbons (Fsp3) is 0.385. The van der Waals surface area contributed by atoms with Crippen molar-refractivity contribution in [3.05, 3.63) is 27.4 Å². The van der Waals surface area contributed by atoms with Gasteiger partial charge in [0.15, 0.2) is 0 Å². The third-order valence-electron chi connectivity index (χ3n) is 3.35. The molecule has 0 saturated heterocycles. The van der Waals surface area contributed by atoms with Gasteiger partial charge in [-0.05, 0) is 40.9 Å². The Morgan fingerprint density at radius 3 is 2.63 bits per heavy atom. The molecule has 3 nitrogen and oxygen atoms in total. The lowest BCUT2D eigenvalue weighted by atomic mass is 9.87. The zero-order valence-electron chi connectivity index (χ0n) is 9.97. The van der Waals surface area contributed by atoms with E-state index in [0.29, 0.717) is 23.0 Å². The summed E-state index contributed by atoms with van der Waals surface area (Å²) < 4.78 is 13.5. The zero-order chi connectivity index (χ0) is 14.0. The van der Waals surface area contributed by atoms with E-state index in [2.05, 4.69) is 27.3 Å². The number of halogens is 3. The predicted octanol–water partition coefficient (Wildman–Crippen LogP) is 4.26. The molecule has 1 N–H and O–H groups in total. The van der Waals surface area contributed by atoms with Crippen LogP contribution in [0.4, 0.5) is 10.1 Å². The SMILES string of the molecule is N#CC1(C(=O)Nc2c(Cl)cc(F)cc2Br)CCCC1. The Morgan fingerprint density at radius 2 is 2.11 bits per heavy atom. The number of anilines is 1. The van der Waals surface area contributed by atoms with E-state index in [1.807, 2.05) is 0 Å². The summed E-state index contributed by atoms with van der Waals surface area (Å²) in [7, 11) is 0. The van der Waals surface area contributed by atoms with Gasteiger partial charge >= 0.3 is 0 Å². The van der Waals surface area contributed by atoms with Gasteiger partial charge in [-0.3, -0.25) is 4.79 Å². The van der Waals surface area contributed by atoms with Crippen molar-refractivity contribution in [1.82, 2.24) is 0 Å². The number of nitrogens with zero attached hydrogens (tertiary/aromatic N) is 1. The second kappa shape index (κ2) is 5.48. The minimum absolute atomic E-state index is 0.103. The lowest BCUT2D eigenvalue weighted by molar-refractivity contribution is -0.122. The molecule has 1 amide bonds. The molecule has 1 aliphatic rings. The summed E-state index contributed by atoms with van der Waals surface area (Å²) in [6.07, 6.45) is 2.82. The Balaban J connectivity index is 2.27. The van der Waals surface area contributed by atoms with Crippen LogP contribution in [0.2, 0.25) is 5.02 Å². The van der Waals surface area contributed by atoms with E-state index in [-0.39, 0.29) is 10.9 Å². The van der Waals surface area contributed by atoms with Gasteiger partial charge in [0.2, 0.25) is 5.91 Å². The van der Waals surface area contributed by atoms with Crippen LogP contribution >= 0.6 is 27.5 Å². The number of carbonyl (C=O) groups excluding carboxylic acids is 1. The molecule has 2 rings (SSSR count). The summed E-state index contributed by atoms with van der Waals surface area (Å²) >= 11 is 9.06. The minimum Gasteiger partial charge on any atom is -0.322 e. The Morgan fingerprint density at radius 1 is 1.47 bits per heavy atom. The molecule has 6 heteroatoms. The van der Waals surface area contributed by atoms with Crippen LogP contribution < -0.4 is 5.32 Å². The van der Waals surface area contributed by atoms with E-state index >= 15 is 0 Å². The van der Waals surface area contributed by atoms with Gasteiger partial charge in [0.25, 0.3) is 0 Å². The molecule has 0 spiro atoms. The van der Waals surface area contributed by atoms with Crippen molar-refractivity contribution in [1.29, 1.82) is 5.26 Å². The van der Waals surface area contributed by atoms with E-state index in [1.54, 1.807) is 0 Å². The maximum atomic E-state index is 13.1. The largest absolute Gasteiger partial charge is 0.322 e. The molecular weight excluding hydrogens is 335 g/mol. The van der Waals surface area contributed by atoms with E-state index in [4.69, 9.17) is 11.6 Å². The molecular formula is C13H11BrClFN2O. The number of nitriles is 1. The number of carbonyl (C=O) groups is 1. The minimum atomic E-state index is -0.989. The molecule has 0 aromatic heterocycles. The van der Waals surface area contributed by atoms with E-state index in [9.17, 15) is 14.4 Å². The number of benzene rings is 1. The molecule has 19 heavy (non-hydrogen) atoms. The number of rotatable bonds is 2. The highest BCUT2D eigenvalue weighted by molar-refractivity contribution is 9.10. The molecule has 0 bridgehead atoms. The van der Waals surface area contributed by atoms with Crippen LogP contribution in [0.1, 0.15) is 25.7 Å². The van der Waals surface area contributed by atoms with Gasteiger partial charge in [-0.15, -0.1) is 0 Å². The highest BCUT2D eigenvalue weighted by atomic mass is 79.9. The van der Waals surface area contributed by atoms with Crippen LogP contribution in [-0.4, -0.2) is 5.91 Å². The molecule has 1 aliphatic carbocycles. The number of hydrogen-bond acceptors (Lipinski definition) is 2. The second-order valence-corrected chi connectivity index (χ2v) is 5.86. The number of nitrogens with one attached hydrogen (secondary N) is 1. The first kappa shape index (κ1) is 14.3. The van der Waals surface area contributed by atoms with Gasteiger partial charge in [0.1, 0.15) is 11.2 Å². The van der Waals surface area contributed by atoms with E-state index in [1.165, 1.54) is 6.07 Å². The quantitative estimate of drug-likeness (QED) is 0.870. The zero-order valence-corrected chi connectivity index (χ0v) is 12.3. The summed E-state index contributed by atoms with van der Waals surface area (Å²) in [6, 6.07) is 4.44. The van der Waals surface area contributed by atoms with Gasteiger partial charge in [-0.25, -0.2) is 4.39 Å². The summed E-state index contributed by atoms with van der Waals surface area (Å²) in [5, 5.41) is 12.0. The summed E-state index contributed by atoms with van der Waals surface area (Å²) in [4.78, 5) is 12.3. The molecule has 0 aliphatic heterocycles. The normalized spacial score (nSPS) is 16.9. The number of amides is 1. The van der Waals surface area contributed by atoms with E-state index in [0.717, 1.165) is 18.9 Å². The molecule has 0 heterocycles. The molecule has 1 aromatic rings. The van der Waals surface area contributed by atoms with E-state index < -0.39 is 11.2 Å². The van der Waals surface area contributed by atoms with Gasteiger partial charge in [0.05, 0.1) is 16.8 Å². The first-order valence-electron chi connectivity index (χ1n) is 5.86. The average Bonchev–Trinajstić information content (AvgIpc) is 2.83. The summed E-state index contributed by atoms with van der Waals surface area (Å²) in [5.74, 6) is -0.868. The van der Waals surface area contributed by atoms with Crippen LogP contribution in [0.25, 0.3) is 0 Å². The van der Waals surface area contributed by atoms with Crippen molar-refractivity contribution < 1.29 is 9.18 Å². The van der Waals surface area contributed by atoms with Gasteiger partial charge in [-0.2, -0.15) is 5.26 Å². The average molecular weight is 346 g/mol. The van der Waals surface area contributed by atoms with Crippen LogP contribution in [0.5, 0.6) is 0 Å². The molecule has 0 radical (unpaired) electrons. The topological polar surface area (TPSA) is 52.9 Å². The third kappa shape index (κ3) is 2.75. The molecule has 1 saturated carbocycles. The Bertz CT molecular complexity index is 541. The Hall–Kier alpha value is -1.12. The predicted molar refractivity (Wildman–Crippen MR) is 74.3 cm³/mol. The Labute approximate surface area is 123 Å². The monoisotopic (exact) mass is 344 g/mol. The van der Waals surface area contributed by atoms with Gasteiger partial charge in [0, 0.05) is 4.47 Å². The highest BCUT2D eigenvalue weighted by Crippen LogP contribution is 2.40. The van der Waals surface area contributed by atoms with Crippen molar-refractivity contribution in [2.75, 3.05) is 5.32 Å². The maximum absolute atomic E-state index is 13.1. The first-order chi connectivity index (χ1) is 8.98. The van der Waals surface area contributed by atoms with Crippen molar-refractivity contribution in [2.45, 2.75) is 25.7 Å². The molecule has 1 aromatic carbocycles.